The normalized spacial score (nSPS) is 25.5. The number of ether oxygens (including phenoxy) is 1. The maximum Gasteiger partial charge on any atom is 0.246 e. The molecule has 0 saturated heterocycles. The van der Waals surface area contributed by atoms with E-state index in [0.29, 0.717) is 6.61 Å². The lowest BCUT2D eigenvalue weighted by molar-refractivity contribution is -0.126. The highest BCUT2D eigenvalue weighted by Crippen LogP contribution is 2.16. The molecule has 90 valence electrons. The molecule has 1 aliphatic carbocycles. The van der Waals surface area contributed by atoms with Crippen LogP contribution >= 0.6 is 12.4 Å². The number of amides is 1. The van der Waals surface area contributed by atoms with Gasteiger partial charge in [-0.25, -0.2) is 0 Å². The van der Waals surface area contributed by atoms with E-state index in [4.69, 9.17) is 10.5 Å². The summed E-state index contributed by atoms with van der Waals surface area (Å²) in [6, 6.07) is 0.507. The Bertz CT molecular complexity index is 190. The Morgan fingerprint density at radius 2 is 2.27 bits per heavy atom. The highest BCUT2D eigenvalue weighted by molar-refractivity contribution is 5.85. The molecule has 2 unspecified atom stereocenters. The Morgan fingerprint density at radius 1 is 1.53 bits per heavy atom. The average molecular weight is 237 g/mol. The molecule has 0 aliphatic heterocycles. The third-order valence-electron chi connectivity index (χ3n) is 2.52. The molecule has 4 nitrogen and oxygen atoms in total. The number of nitrogens with two attached hydrogens (primary N) is 1. The van der Waals surface area contributed by atoms with Gasteiger partial charge in [-0.05, 0) is 32.6 Å². The predicted molar refractivity (Wildman–Crippen MR) is 62.1 cm³/mol. The Kier molecular flexibility index (Phi) is 7.74. The summed E-state index contributed by atoms with van der Waals surface area (Å²) in [5.41, 5.74) is 5.82. The summed E-state index contributed by atoms with van der Waals surface area (Å²) in [7, 11) is 0. The first-order chi connectivity index (χ1) is 6.72. The van der Waals surface area contributed by atoms with Crippen molar-refractivity contribution in [3.63, 3.8) is 0 Å². The van der Waals surface area contributed by atoms with E-state index in [-0.39, 0.29) is 37.0 Å². The van der Waals surface area contributed by atoms with Gasteiger partial charge in [0, 0.05) is 18.7 Å². The molecular weight excluding hydrogens is 216 g/mol. The summed E-state index contributed by atoms with van der Waals surface area (Å²) in [5, 5.41) is 2.94. The molecule has 0 aromatic rings. The van der Waals surface area contributed by atoms with Gasteiger partial charge in [-0.2, -0.15) is 0 Å². The second-order valence-corrected chi connectivity index (χ2v) is 3.83. The number of halogens is 1. The molecule has 0 spiro atoms. The van der Waals surface area contributed by atoms with Crippen LogP contribution in [-0.4, -0.2) is 31.2 Å². The zero-order valence-electron chi connectivity index (χ0n) is 9.20. The molecule has 0 aromatic heterocycles. The molecule has 3 N–H and O–H groups in total. The molecule has 0 heterocycles. The molecular formula is C10H21ClN2O2. The third-order valence-corrected chi connectivity index (χ3v) is 2.52. The third kappa shape index (κ3) is 5.97. The van der Waals surface area contributed by atoms with Crippen molar-refractivity contribution < 1.29 is 9.53 Å². The summed E-state index contributed by atoms with van der Waals surface area (Å²) in [4.78, 5) is 11.3. The van der Waals surface area contributed by atoms with E-state index >= 15 is 0 Å². The van der Waals surface area contributed by atoms with Crippen LogP contribution in [0.1, 0.15) is 32.6 Å². The van der Waals surface area contributed by atoms with Crippen LogP contribution in [0.5, 0.6) is 0 Å². The Balaban J connectivity index is 0.00000196. The minimum atomic E-state index is -0.0223. The predicted octanol–water partition coefficient (Wildman–Crippen LogP) is 0.831. The van der Waals surface area contributed by atoms with Gasteiger partial charge in [0.2, 0.25) is 5.91 Å². The molecule has 1 amide bonds. The maximum absolute atomic E-state index is 11.3. The van der Waals surface area contributed by atoms with Crippen molar-refractivity contribution in [2.24, 2.45) is 5.73 Å². The van der Waals surface area contributed by atoms with Crippen molar-refractivity contribution >= 4 is 18.3 Å². The zero-order valence-corrected chi connectivity index (χ0v) is 10.0. The van der Waals surface area contributed by atoms with Crippen LogP contribution in [0, 0.1) is 0 Å². The topological polar surface area (TPSA) is 64.3 Å². The lowest BCUT2D eigenvalue weighted by Crippen LogP contribution is -2.43. The fourth-order valence-electron chi connectivity index (χ4n) is 1.82. The quantitative estimate of drug-likeness (QED) is 0.760. The first kappa shape index (κ1) is 14.7. The van der Waals surface area contributed by atoms with Gasteiger partial charge in [-0.1, -0.05) is 0 Å². The Morgan fingerprint density at radius 3 is 2.87 bits per heavy atom. The van der Waals surface area contributed by atoms with E-state index in [0.717, 1.165) is 25.7 Å². The monoisotopic (exact) mass is 236 g/mol. The van der Waals surface area contributed by atoms with E-state index < -0.39 is 0 Å². The second-order valence-electron chi connectivity index (χ2n) is 3.83. The number of nitrogens with one attached hydrogen (secondary N) is 1. The van der Waals surface area contributed by atoms with Gasteiger partial charge < -0.3 is 15.8 Å². The smallest absolute Gasteiger partial charge is 0.246 e. The lowest BCUT2D eigenvalue weighted by Gasteiger charge is -2.27. The highest BCUT2D eigenvalue weighted by atomic mass is 35.5. The summed E-state index contributed by atoms with van der Waals surface area (Å²) in [5.74, 6) is -0.0223. The van der Waals surface area contributed by atoms with Crippen molar-refractivity contribution in [1.82, 2.24) is 5.32 Å². The van der Waals surface area contributed by atoms with Crippen LogP contribution in [0.25, 0.3) is 0 Å². The lowest BCUT2D eigenvalue weighted by atomic mass is 9.92. The minimum Gasteiger partial charge on any atom is -0.372 e. The van der Waals surface area contributed by atoms with E-state index in [1.54, 1.807) is 0 Å². The molecule has 1 saturated carbocycles. The van der Waals surface area contributed by atoms with Gasteiger partial charge in [0.25, 0.3) is 0 Å². The van der Waals surface area contributed by atoms with Crippen LogP contribution in [0.2, 0.25) is 0 Å². The summed E-state index contributed by atoms with van der Waals surface area (Å²) in [6.45, 7) is 2.63. The van der Waals surface area contributed by atoms with E-state index in [1.807, 2.05) is 6.92 Å². The fraction of sp³-hybridized carbons (Fsp3) is 0.900. The minimum absolute atomic E-state index is 0. The summed E-state index contributed by atoms with van der Waals surface area (Å²) >= 11 is 0. The first-order valence-electron chi connectivity index (χ1n) is 5.35. The number of rotatable bonds is 4. The van der Waals surface area contributed by atoms with Crippen molar-refractivity contribution in [3.8, 4) is 0 Å². The largest absolute Gasteiger partial charge is 0.372 e. The molecule has 1 fully saturated rings. The number of hydrogen-bond donors (Lipinski definition) is 2. The average Bonchev–Trinajstić information content (AvgIpc) is 2.15. The fourth-order valence-corrected chi connectivity index (χ4v) is 1.82. The molecule has 0 aromatic carbocycles. The molecule has 2 atom stereocenters. The first-order valence-corrected chi connectivity index (χ1v) is 5.35. The molecule has 1 aliphatic rings. The van der Waals surface area contributed by atoms with Gasteiger partial charge in [-0.3, -0.25) is 4.79 Å². The van der Waals surface area contributed by atoms with Crippen LogP contribution in [-0.2, 0) is 9.53 Å². The van der Waals surface area contributed by atoms with E-state index in [1.165, 1.54) is 0 Å². The van der Waals surface area contributed by atoms with Crippen molar-refractivity contribution in [3.05, 3.63) is 0 Å². The molecule has 0 radical (unpaired) electrons. The standard InChI is InChI=1S/C10H20N2O2.ClH/c1-2-14-7-10(13)12-9-5-3-4-8(11)6-9;/h8-9H,2-7,11H2,1H3,(H,12,13);1H. The van der Waals surface area contributed by atoms with Crippen LogP contribution in [0.15, 0.2) is 0 Å². The molecule has 1 rings (SSSR count). The summed E-state index contributed by atoms with van der Waals surface area (Å²) < 4.78 is 5.02. The maximum atomic E-state index is 11.3. The van der Waals surface area contributed by atoms with Crippen molar-refractivity contribution in [2.75, 3.05) is 13.2 Å². The van der Waals surface area contributed by atoms with Gasteiger partial charge in [-0.15, -0.1) is 12.4 Å². The molecule has 5 heteroatoms. The SMILES string of the molecule is CCOCC(=O)NC1CCCC(N)C1.Cl. The molecule has 15 heavy (non-hydrogen) atoms. The van der Waals surface area contributed by atoms with E-state index in [2.05, 4.69) is 5.32 Å². The van der Waals surface area contributed by atoms with Crippen molar-refractivity contribution in [1.29, 1.82) is 0 Å². The highest BCUT2D eigenvalue weighted by Gasteiger charge is 2.20. The van der Waals surface area contributed by atoms with Gasteiger partial charge in [0.15, 0.2) is 0 Å². The van der Waals surface area contributed by atoms with Crippen LogP contribution < -0.4 is 11.1 Å². The zero-order chi connectivity index (χ0) is 10.4. The van der Waals surface area contributed by atoms with Crippen molar-refractivity contribution in [2.45, 2.75) is 44.7 Å². The second kappa shape index (κ2) is 7.91. The van der Waals surface area contributed by atoms with Gasteiger partial charge in [0.1, 0.15) is 6.61 Å². The van der Waals surface area contributed by atoms with E-state index in [9.17, 15) is 4.79 Å². The van der Waals surface area contributed by atoms with Gasteiger partial charge >= 0.3 is 0 Å². The Labute approximate surface area is 97.3 Å². The Hall–Kier alpha value is -0.320. The van der Waals surface area contributed by atoms with Crippen LogP contribution in [0.4, 0.5) is 0 Å². The summed E-state index contributed by atoms with van der Waals surface area (Å²) in [6.07, 6.45) is 4.14. The van der Waals surface area contributed by atoms with Gasteiger partial charge in [0.05, 0.1) is 0 Å². The van der Waals surface area contributed by atoms with Crippen LogP contribution in [0.3, 0.4) is 0 Å². The number of hydrogen-bond acceptors (Lipinski definition) is 3. The number of carbonyl (C=O) groups excluding carboxylic acids is 1. The number of carbonyl (C=O) groups is 1. The molecule has 0 bridgehead atoms.